The van der Waals surface area contributed by atoms with Crippen LogP contribution in [-0.2, 0) is 0 Å². The van der Waals surface area contributed by atoms with Gasteiger partial charge in [-0.05, 0) is 86.4 Å². The molecule has 1 saturated heterocycles. The lowest BCUT2D eigenvalue weighted by atomic mass is 9.63. The minimum atomic E-state index is -0.220. The number of nitrogens with zero attached hydrogens (tertiary/aromatic N) is 1. The summed E-state index contributed by atoms with van der Waals surface area (Å²) >= 11 is 5.91. The lowest BCUT2D eigenvalue weighted by Crippen LogP contribution is -2.40. The van der Waals surface area contributed by atoms with E-state index in [1.165, 1.54) is 67.8 Å². The monoisotopic (exact) mass is 501 g/mol. The minimum absolute atomic E-state index is 0. The summed E-state index contributed by atoms with van der Waals surface area (Å²) < 4.78 is 24.1. The Hall–Kier alpha value is -1.27. The van der Waals surface area contributed by atoms with Gasteiger partial charge in [0, 0.05) is 22.9 Å². The van der Waals surface area contributed by atoms with E-state index < -0.39 is 0 Å². The largest absolute Gasteiger partial charge is 0.412 e. The Bertz CT molecular complexity index is 660. The molecule has 1 heterocycles. The summed E-state index contributed by atoms with van der Waals surface area (Å²) in [5.41, 5.74) is 2.12. The van der Waals surface area contributed by atoms with E-state index in [1.54, 1.807) is 12.1 Å². The van der Waals surface area contributed by atoms with Gasteiger partial charge in [0.25, 0.3) is 0 Å². The lowest BCUT2D eigenvalue weighted by molar-refractivity contribution is 0.0639. The van der Waals surface area contributed by atoms with Crippen LogP contribution >= 0.6 is 24.6 Å². The summed E-state index contributed by atoms with van der Waals surface area (Å²) in [6.07, 6.45) is 7.31. The number of aryl methyl sites for hydroxylation is 1. The van der Waals surface area contributed by atoms with Gasteiger partial charge in [-0.1, -0.05) is 24.1 Å². The highest BCUT2D eigenvalue weighted by molar-refractivity contribution is 7.97. The van der Waals surface area contributed by atoms with E-state index in [4.69, 9.17) is 0 Å². The Kier molecular flexibility index (Phi) is 22.8. The van der Waals surface area contributed by atoms with Gasteiger partial charge in [-0.15, -0.1) is 12.6 Å². The van der Waals surface area contributed by atoms with Crippen LogP contribution in [0.15, 0.2) is 58.3 Å². The molecule has 1 spiro atoms. The first kappa shape index (κ1) is 38.0. The van der Waals surface area contributed by atoms with E-state index in [1.807, 2.05) is 11.9 Å². The molecule has 0 amide bonds. The molecule has 188 valence electrons. The van der Waals surface area contributed by atoms with Gasteiger partial charge in [0.1, 0.15) is 5.82 Å². The standard InChI is InChI=1S/C15H21NS.C6H5FS.CH3F.FH.4H2O/c1-13-3-5-14(6-4-13)17-16-11-9-15(10-12-16)7-2-8-15;7-5-1-3-6(8)4-2-5;1-2;;;;;/h3-6H,2,7-12H2,1H3;1-4,8H;1H3;1H;4*1H2. The van der Waals surface area contributed by atoms with Crippen molar-refractivity contribution in [2.75, 3.05) is 20.3 Å². The Morgan fingerprint density at radius 2 is 1.28 bits per heavy atom. The Balaban J connectivity index is -0.000000229. The summed E-state index contributed by atoms with van der Waals surface area (Å²) in [5, 5.41) is 0. The fraction of sp³-hybridized carbons (Fsp3) is 0.455. The van der Waals surface area contributed by atoms with Gasteiger partial charge in [-0.2, -0.15) is 0 Å². The highest BCUT2D eigenvalue weighted by atomic mass is 32.2. The molecule has 32 heavy (non-hydrogen) atoms. The van der Waals surface area contributed by atoms with Crippen LogP contribution in [0.3, 0.4) is 0 Å². The van der Waals surface area contributed by atoms with Crippen molar-refractivity contribution in [1.29, 1.82) is 0 Å². The van der Waals surface area contributed by atoms with E-state index >= 15 is 0 Å². The van der Waals surface area contributed by atoms with Crippen molar-refractivity contribution < 1.29 is 35.4 Å². The zero-order valence-electron chi connectivity index (χ0n) is 18.5. The third kappa shape index (κ3) is 12.1. The fourth-order valence-electron chi connectivity index (χ4n) is 3.42. The molecule has 0 atom stereocenters. The van der Waals surface area contributed by atoms with Crippen molar-refractivity contribution in [2.24, 2.45) is 5.41 Å². The van der Waals surface area contributed by atoms with Crippen molar-refractivity contribution >= 4 is 24.6 Å². The zero-order chi connectivity index (χ0) is 19.7. The molecule has 1 aliphatic heterocycles. The Labute approximate surface area is 198 Å². The quantitative estimate of drug-likeness (QED) is 0.495. The normalized spacial score (nSPS) is 15.0. The molecule has 0 radical (unpaired) electrons. The molecule has 8 N–H and O–H groups in total. The third-order valence-electron chi connectivity index (χ3n) is 5.28. The lowest BCUT2D eigenvalue weighted by Gasteiger charge is -2.47. The number of alkyl halides is 1. The number of rotatable bonds is 2. The number of thiol groups is 1. The van der Waals surface area contributed by atoms with Crippen molar-refractivity contribution in [3.05, 3.63) is 59.9 Å². The number of piperidine rings is 1. The van der Waals surface area contributed by atoms with Gasteiger partial charge in [-0.25, -0.2) is 8.70 Å². The summed E-state index contributed by atoms with van der Waals surface area (Å²) in [5.74, 6) is -0.220. The number of benzene rings is 2. The van der Waals surface area contributed by atoms with Crippen molar-refractivity contribution in [3.8, 4) is 0 Å². The first-order valence-electron chi connectivity index (χ1n) is 9.37. The summed E-state index contributed by atoms with van der Waals surface area (Å²) in [7, 11) is 0.500. The molecule has 2 aromatic rings. The Morgan fingerprint density at radius 1 is 0.812 bits per heavy atom. The molecule has 5 nitrogen and oxygen atoms in total. The molecular formula is C22H38F3NO4S2. The smallest absolute Gasteiger partial charge is 0.123 e. The molecule has 0 bridgehead atoms. The highest BCUT2D eigenvalue weighted by Crippen LogP contribution is 2.49. The predicted molar refractivity (Wildman–Crippen MR) is 132 cm³/mol. The average molecular weight is 502 g/mol. The molecule has 2 fully saturated rings. The SMILES string of the molecule is CF.Cc1ccc(SN2CCC3(CCC3)CC2)cc1.F.Fc1ccc(S)cc1.O.O.O.O. The molecule has 4 rings (SSSR count). The molecule has 2 aliphatic rings. The molecule has 1 aliphatic carbocycles. The van der Waals surface area contributed by atoms with Gasteiger partial charge < -0.3 is 21.9 Å². The van der Waals surface area contributed by atoms with Crippen LogP contribution in [-0.4, -0.2) is 46.5 Å². The average Bonchev–Trinajstić information content (AvgIpc) is 2.68. The molecule has 2 aromatic carbocycles. The third-order valence-corrected chi connectivity index (χ3v) is 6.68. The van der Waals surface area contributed by atoms with Crippen molar-refractivity contribution in [3.63, 3.8) is 0 Å². The van der Waals surface area contributed by atoms with Gasteiger partial charge >= 0.3 is 0 Å². The first-order valence-corrected chi connectivity index (χ1v) is 10.6. The van der Waals surface area contributed by atoms with Gasteiger partial charge in [0.15, 0.2) is 0 Å². The van der Waals surface area contributed by atoms with E-state index in [0.717, 1.165) is 10.3 Å². The van der Waals surface area contributed by atoms with Crippen molar-refractivity contribution in [2.45, 2.75) is 48.8 Å². The van der Waals surface area contributed by atoms with Crippen LogP contribution in [0, 0.1) is 18.2 Å². The van der Waals surface area contributed by atoms with Crippen LogP contribution < -0.4 is 0 Å². The summed E-state index contributed by atoms with van der Waals surface area (Å²) in [6, 6.07) is 14.9. The second-order valence-electron chi connectivity index (χ2n) is 7.16. The van der Waals surface area contributed by atoms with Gasteiger partial charge in [-0.3, -0.25) is 9.09 Å². The highest BCUT2D eigenvalue weighted by Gasteiger charge is 2.39. The second-order valence-corrected chi connectivity index (χ2v) is 8.85. The molecule has 0 unspecified atom stereocenters. The fourth-order valence-corrected chi connectivity index (χ4v) is 4.49. The second kappa shape index (κ2) is 19.2. The summed E-state index contributed by atoms with van der Waals surface area (Å²) in [4.78, 5) is 2.17. The Morgan fingerprint density at radius 3 is 1.66 bits per heavy atom. The maximum atomic E-state index is 12.1. The minimum Gasteiger partial charge on any atom is -0.412 e. The first-order chi connectivity index (χ1) is 13.0. The maximum absolute atomic E-state index is 12.1. The van der Waals surface area contributed by atoms with Crippen LogP contribution in [0.2, 0.25) is 0 Å². The molecule has 0 aromatic heterocycles. The zero-order valence-corrected chi connectivity index (χ0v) is 20.2. The molecule has 1 saturated carbocycles. The van der Waals surface area contributed by atoms with Crippen LogP contribution in [0.1, 0.15) is 37.7 Å². The van der Waals surface area contributed by atoms with Gasteiger partial charge in [0.2, 0.25) is 0 Å². The molecule has 10 heteroatoms. The van der Waals surface area contributed by atoms with Crippen molar-refractivity contribution in [1.82, 2.24) is 4.31 Å². The van der Waals surface area contributed by atoms with E-state index in [2.05, 4.69) is 48.1 Å². The van der Waals surface area contributed by atoms with Crippen LogP contribution in [0.25, 0.3) is 0 Å². The molecular weight excluding hydrogens is 463 g/mol. The summed E-state index contributed by atoms with van der Waals surface area (Å²) in [6.45, 7) is 4.70. The number of hydrogen-bond donors (Lipinski definition) is 1. The topological polar surface area (TPSA) is 129 Å². The van der Waals surface area contributed by atoms with E-state index in [9.17, 15) is 8.78 Å². The van der Waals surface area contributed by atoms with E-state index in [0.29, 0.717) is 7.18 Å². The maximum Gasteiger partial charge on any atom is 0.123 e. The van der Waals surface area contributed by atoms with Crippen LogP contribution in [0.5, 0.6) is 0 Å². The number of hydrogen-bond acceptors (Lipinski definition) is 3. The van der Waals surface area contributed by atoms with Gasteiger partial charge in [0.05, 0.1) is 7.18 Å². The van der Waals surface area contributed by atoms with E-state index in [-0.39, 0.29) is 32.4 Å². The number of halogens is 3. The van der Waals surface area contributed by atoms with Crippen LogP contribution in [0.4, 0.5) is 13.5 Å². The predicted octanol–water partition coefficient (Wildman–Crippen LogP) is 3.82.